The van der Waals surface area contributed by atoms with Gasteiger partial charge in [-0.05, 0) is 70.9 Å². The minimum Gasteiger partial charge on any atom is -0.483 e. The number of carbonyl (C=O) groups is 1. The summed E-state index contributed by atoms with van der Waals surface area (Å²) in [7, 11) is 0. The summed E-state index contributed by atoms with van der Waals surface area (Å²) in [4.78, 5) is 11.9. The molecule has 0 spiro atoms. The first-order chi connectivity index (χ1) is 12.5. The average Bonchev–Trinajstić information content (AvgIpc) is 2.63. The van der Waals surface area contributed by atoms with Crippen molar-refractivity contribution in [3.63, 3.8) is 0 Å². The van der Waals surface area contributed by atoms with E-state index < -0.39 is 0 Å². The largest absolute Gasteiger partial charge is 0.483 e. The van der Waals surface area contributed by atoms with E-state index >= 15 is 0 Å². The monoisotopic (exact) mass is 454 g/mol. The molecule has 0 radical (unpaired) electrons. The molecule has 0 fully saturated rings. The van der Waals surface area contributed by atoms with E-state index in [0.29, 0.717) is 21.4 Å². The SMILES string of the molecule is O=C(COc1ccc2c(c1Br)CCCC2)N/N=C\c1ccc(Cl)cc1Cl. The number of benzene rings is 2. The van der Waals surface area contributed by atoms with Crippen LogP contribution >= 0.6 is 39.1 Å². The van der Waals surface area contributed by atoms with Crippen LogP contribution in [0.3, 0.4) is 0 Å². The van der Waals surface area contributed by atoms with Gasteiger partial charge in [0.1, 0.15) is 5.75 Å². The second kappa shape index (κ2) is 8.89. The summed E-state index contributed by atoms with van der Waals surface area (Å²) in [5.74, 6) is 0.321. The predicted molar refractivity (Wildman–Crippen MR) is 108 cm³/mol. The summed E-state index contributed by atoms with van der Waals surface area (Å²) < 4.78 is 6.57. The molecule has 0 aliphatic heterocycles. The van der Waals surface area contributed by atoms with E-state index in [4.69, 9.17) is 27.9 Å². The number of nitrogens with one attached hydrogen (secondary N) is 1. The fraction of sp³-hybridized carbons (Fsp3) is 0.263. The van der Waals surface area contributed by atoms with Crippen LogP contribution in [0.1, 0.15) is 29.5 Å². The molecule has 0 heterocycles. The summed E-state index contributed by atoms with van der Waals surface area (Å²) >= 11 is 15.5. The van der Waals surface area contributed by atoms with E-state index in [9.17, 15) is 4.79 Å². The zero-order chi connectivity index (χ0) is 18.5. The number of aryl methyl sites for hydroxylation is 1. The summed E-state index contributed by atoms with van der Waals surface area (Å²) in [5.41, 5.74) is 5.72. The average molecular weight is 456 g/mol. The number of ether oxygens (including phenoxy) is 1. The molecule has 2 aromatic carbocycles. The third-order valence-electron chi connectivity index (χ3n) is 4.14. The van der Waals surface area contributed by atoms with Crippen LogP contribution in [-0.4, -0.2) is 18.7 Å². The number of rotatable bonds is 5. The zero-order valence-corrected chi connectivity index (χ0v) is 17.0. The summed E-state index contributed by atoms with van der Waals surface area (Å²) in [6, 6.07) is 9.02. The molecule has 136 valence electrons. The van der Waals surface area contributed by atoms with E-state index in [1.807, 2.05) is 6.07 Å². The molecule has 1 aliphatic carbocycles. The van der Waals surface area contributed by atoms with Crippen LogP contribution in [0.2, 0.25) is 10.0 Å². The van der Waals surface area contributed by atoms with Gasteiger partial charge in [0, 0.05) is 10.6 Å². The van der Waals surface area contributed by atoms with Gasteiger partial charge in [0.2, 0.25) is 0 Å². The first kappa shape index (κ1) is 19.2. The topological polar surface area (TPSA) is 50.7 Å². The Morgan fingerprint density at radius 2 is 2.04 bits per heavy atom. The van der Waals surface area contributed by atoms with Gasteiger partial charge < -0.3 is 4.74 Å². The lowest BCUT2D eigenvalue weighted by Crippen LogP contribution is -2.24. The highest BCUT2D eigenvalue weighted by molar-refractivity contribution is 9.10. The molecule has 0 aromatic heterocycles. The van der Waals surface area contributed by atoms with Crippen LogP contribution in [0.15, 0.2) is 39.9 Å². The van der Waals surface area contributed by atoms with Gasteiger partial charge in [0.05, 0.1) is 15.7 Å². The van der Waals surface area contributed by atoms with Gasteiger partial charge in [0.25, 0.3) is 5.91 Å². The van der Waals surface area contributed by atoms with Crippen LogP contribution in [-0.2, 0) is 17.6 Å². The number of hydrogen-bond donors (Lipinski definition) is 1. The molecular formula is C19H17BrCl2N2O2. The van der Waals surface area contributed by atoms with Crippen molar-refractivity contribution < 1.29 is 9.53 Å². The summed E-state index contributed by atoms with van der Waals surface area (Å²) in [6.45, 7) is -0.122. The van der Waals surface area contributed by atoms with Gasteiger partial charge in [0.15, 0.2) is 6.61 Å². The lowest BCUT2D eigenvalue weighted by molar-refractivity contribution is -0.123. The molecule has 3 rings (SSSR count). The molecule has 0 bridgehead atoms. The van der Waals surface area contributed by atoms with E-state index in [-0.39, 0.29) is 12.5 Å². The highest BCUT2D eigenvalue weighted by Crippen LogP contribution is 2.35. The Balaban J connectivity index is 1.55. The quantitative estimate of drug-likeness (QED) is 0.499. The first-order valence-corrected chi connectivity index (χ1v) is 9.79. The molecule has 7 heteroatoms. The van der Waals surface area contributed by atoms with Crippen LogP contribution in [0.5, 0.6) is 5.75 Å². The molecule has 4 nitrogen and oxygen atoms in total. The molecule has 1 N–H and O–H groups in total. The molecule has 1 amide bonds. The number of nitrogens with zero attached hydrogens (tertiary/aromatic N) is 1. The molecule has 26 heavy (non-hydrogen) atoms. The highest BCUT2D eigenvalue weighted by Gasteiger charge is 2.16. The summed E-state index contributed by atoms with van der Waals surface area (Å²) in [5, 5.41) is 4.90. The first-order valence-electron chi connectivity index (χ1n) is 8.24. The standard InChI is InChI=1S/C19H17BrCl2N2O2/c20-19-15-4-2-1-3-12(15)6-8-17(19)26-11-18(25)24-23-10-13-5-7-14(21)9-16(13)22/h5-10H,1-4,11H2,(H,24,25)/b23-10-. The Kier molecular flexibility index (Phi) is 6.57. The van der Waals surface area contributed by atoms with E-state index in [1.165, 1.54) is 30.2 Å². The molecule has 0 saturated carbocycles. The van der Waals surface area contributed by atoms with Crippen molar-refractivity contribution in [1.82, 2.24) is 5.43 Å². The number of fused-ring (bicyclic) bond motifs is 1. The number of halogens is 3. The van der Waals surface area contributed by atoms with E-state index in [0.717, 1.165) is 17.3 Å². The number of hydrazone groups is 1. The molecule has 0 atom stereocenters. The van der Waals surface area contributed by atoms with Crippen molar-refractivity contribution in [1.29, 1.82) is 0 Å². The Hall–Kier alpha value is -1.56. The molecule has 2 aromatic rings. The van der Waals surface area contributed by atoms with Gasteiger partial charge in [-0.3, -0.25) is 4.79 Å². The van der Waals surface area contributed by atoms with Gasteiger partial charge in [-0.2, -0.15) is 5.10 Å². The van der Waals surface area contributed by atoms with Crippen LogP contribution in [0.25, 0.3) is 0 Å². The van der Waals surface area contributed by atoms with Gasteiger partial charge >= 0.3 is 0 Å². The number of carbonyl (C=O) groups excluding carboxylic acids is 1. The van der Waals surface area contributed by atoms with Crippen molar-refractivity contribution in [2.75, 3.05) is 6.61 Å². The van der Waals surface area contributed by atoms with Crippen LogP contribution in [0.4, 0.5) is 0 Å². The van der Waals surface area contributed by atoms with E-state index in [2.05, 4.69) is 32.5 Å². The lowest BCUT2D eigenvalue weighted by Gasteiger charge is -2.19. The maximum Gasteiger partial charge on any atom is 0.277 e. The highest BCUT2D eigenvalue weighted by atomic mass is 79.9. The van der Waals surface area contributed by atoms with Crippen molar-refractivity contribution in [2.45, 2.75) is 25.7 Å². The van der Waals surface area contributed by atoms with Crippen molar-refractivity contribution in [3.05, 3.63) is 61.5 Å². The van der Waals surface area contributed by atoms with E-state index in [1.54, 1.807) is 18.2 Å². The molecule has 0 saturated heterocycles. The lowest BCUT2D eigenvalue weighted by atomic mass is 9.92. The normalized spacial score (nSPS) is 13.5. The predicted octanol–water partition coefficient (Wildman–Crippen LogP) is 5.16. The Morgan fingerprint density at radius 3 is 2.85 bits per heavy atom. The van der Waals surface area contributed by atoms with Crippen molar-refractivity contribution >= 4 is 51.3 Å². The zero-order valence-electron chi connectivity index (χ0n) is 13.9. The number of amides is 1. The second-order valence-electron chi connectivity index (χ2n) is 5.97. The van der Waals surface area contributed by atoms with Gasteiger partial charge in [-0.15, -0.1) is 0 Å². The number of hydrogen-bond acceptors (Lipinski definition) is 3. The maximum atomic E-state index is 11.9. The minimum absolute atomic E-state index is 0.122. The van der Waals surface area contributed by atoms with Crippen molar-refractivity contribution in [3.8, 4) is 5.75 Å². The van der Waals surface area contributed by atoms with Gasteiger partial charge in [-0.25, -0.2) is 5.43 Å². The smallest absolute Gasteiger partial charge is 0.277 e. The Morgan fingerprint density at radius 1 is 1.23 bits per heavy atom. The molecular weight excluding hydrogens is 439 g/mol. The second-order valence-corrected chi connectivity index (χ2v) is 7.61. The maximum absolute atomic E-state index is 11.9. The third-order valence-corrected chi connectivity index (χ3v) is 5.57. The Labute approximate surface area is 170 Å². The third kappa shape index (κ3) is 4.78. The van der Waals surface area contributed by atoms with Crippen molar-refractivity contribution in [2.24, 2.45) is 5.10 Å². The van der Waals surface area contributed by atoms with Crippen LogP contribution in [0, 0.1) is 0 Å². The summed E-state index contributed by atoms with van der Waals surface area (Å²) in [6.07, 6.45) is 5.99. The molecule has 0 unspecified atom stereocenters. The minimum atomic E-state index is -0.351. The van der Waals surface area contributed by atoms with Crippen LogP contribution < -0.4 is 10.2 Å². The van der Waals surface area contributed by atoms with Gasteiger partial charge in [-0.1, -0.05) is 35.3 Å². The fourth-order valence-electron chi connectivity index (χ4n) is 2.83. The fourth-order valence-corrected chi connectivity index (χ4v) is 3.99. The Bertz CT molecular complexity index is 856. The molecule has 1 aliphatic rings.